The van der Waals surface area contributed by atoms with Gasteiger partial charge in [-0.3, -0.25) is 0 Å². The summed E-state index contributed by atoms with van der Waals surface area (Å²) >= 11 is 0. The Labute approximate surface area is 93.3 Å². The number of nitrogens with zero attached hydrogens (tertiary/aromatic N) is 2. The maximum absolute atomic E-state index is 10.6. The van der Waals surface area contributed by atoms with Gasteiger partial charge in [-0.1, -0.05) is 10.3 Å². The van der Waals surface area contributed by atoms with Gasteiger partial charge in [-0.2, -0.15) is 0 Å². The van der Waals surface area contributed by atoms with Crippen molar-refractivity contribution in [2.45, 2.75) is 39.5 Å². The monoisotopic (exact) mass is 226 g/mol. The molecule has 0 aromatic carbocycles. The van der Waals surface area contributed by atoms with E-state index in [1.54, 1.807) is 0 Å². The number of carbonyl (C=O) groups is 2. The Kier molecular flexibility index (Phi) is 4.63. The third-order valence-electron chi connectivity index (χ3n) is 1.95. The zero-order chi connectivity index (χ0) is 12.0. The third-order valence-corrected chi connectivity index (χ3v) is 1.95. The van der Waals surface area contributed by atoms with E-state index in [2.05, 4.69) is 20.0 Å². The van der Waals surface area contributed by atoms with Crippen molar-refractivity contribution < 1.29 is 19.3 Å². The quantitative estimate of drug-likeness (QED) is 0.526. The molecule has 0 radical (unpaired) electrons. The standard InChI is InChI=1S/C10H14N2O4/c1-7(13)15-11-9-4-3-5-10(6-9)12-16-8(2)14/h3-6H2,1-2H3. The Morgan fingerprint density at radius 1 is 1.00 bits per heavy atom. The predicted molar refractivity (Wildman–Crippen MR) is 56.9 cm³/mol. The molecule has 6 nitrogen and oxygen atoms in total. The van der Waals surface area contributed by atoms with Gasteiger partial charge in [-0.15, -0.1) is 0 Å². The van der Waals surface area contributed by atoms with Crippen LogP contribution in [0.15, 0.2) is 10.3 Å². The van der Waals surface area contributed by atoms with Crippen molar-refractivity contribution in [1.29, 1.82) is 0 Å². The van der Waals surface area contributed by atoms with Gasteiger partial charge in [0.05, 0.1) is 11.4 Å². The molecular weight excluding hydrogens is 212 g/mol. The van der Waals surface area contributed by atoms with Gasteiger partial charge in [0.2, 0.25) is 0 Å². The zero-order valence-corrected chi connectivity index (χ0v) is 9.36. The van der Waals surface area contributed by atoms with E-state index in [-0.39, 0.29) is 0 Å². The Balaban J connectivity index is 2.52. The summed E-state index contributed by atoms with van der Waals surface area (Å²) < 4.78 is 0. The molecule has 16 heavy (non-hydrogen) atoms. The van der Waals surface area contributed by atoms with Crippen molar-refractivity contribution in [2.75, 3.05) is 0 Å². The van der Waals surface area contributed by atoms with Gasteiger partial charge >= 0.3 is 11.9 Å². The highest BCUT2D eigenvalue weighted by atomic mass is 16.7. The number of carbonyl (C=O) groups excluding carboxylic acids is 2. The lowest BCUT2D eigenvalue weighted by Crippen LogP contribution is -2.16. The van der Waals surface area contributed by atoms with E-state index < -0.39 is 11.9 Å². The molecule has 0 aromatic rings. The summed E-state index contributed by atoms with van der Waals surface area (Å²) in [5.41, 5.74) is 1.49. The molecule has 1 saturated carbocycles. The minimum absolute atomic E-state index is 0.448. The largest absolute Gasteiger partial charge is 0.331 e. The third kappa shape index (κ3) is 4.68. The summed E-state index contributed by atoms with van der Waals surface area (Å²) in [6.07, 6.45) is 2.89. The number of hydrogen-bond donors (Lipinski definition) is 0. The molecule has 0 spiro atoms. The van der Waals surface area contributed by atoms with Crippen molar-refractivity contribution in [1.82, 2.24) is 0 Å². The number of hydrogen-bond acceptors (Lipinski definition) is 6. The summed E-state index contributed by atoms with van der Waals surface area (Å²) in [7, 11) is 0. The Hall–Kier alpha value is -1.72. The number of oxime groups is 2. The van der Waals surface area contributed by atoms with Crippen LogP contribution in [-0.4, -0.2) is 23.4 Å². The summed E-state index contributed by atoms with van der Waals surface area (Å²) in [5.74, 6) is -0.895. The van der Waals surface area contributed by atoms with E-state index in [1.165, 1.54) is 13.8 Å². The molecule has 0 amide bonds. The van der Waals surface area contributed by atoms with Crippen LogP contribution in [0.5, 0.6) is 0 Å². The smallest absolute Gasteiger partial charge is 0.319 e. The molecule has 0 aliphatic heterocycles. The highest BCUT2D eigenvalue weighted by molar-refractivity contribution is 6.06. The van der Waals surface area contributed by atoms with E-state index in [9.17, 15) is 9.59 Å². The molecule has 0 aromatic heterocycles. The SMILES string of the molecule is CC(=O)ON=C1CCCC(=NOC(C)=O)C1. The van der Waals surface area contributed by atoms with Crippen LogP contribution in [0.4, 0.5) is 0 Å². The van der Waals surface area contributed by atoms with Crippen molar-refractivity contribution >= 4 is 23.4 Å². The fraction of sp³-hybridized carbons (Fsp3) is 0.600. The van der Waals surface area contributed by atoms with Crippen LogP contribution < -0.4 is 0 Å². The van der Waals surface area contributed by atoms with Gasteiger partial charge in [0, 0.05) is 20.3 Å². The van der Waals surface area contributed by atoms with Crippen LogP contribution in [-0.2, 0) is 19.3 Å². The number of rotatable bonds is 2. The summed E-state index contributed by atoms with van der Waals surface area (Å²) in [4.78, 5) is 30.2. The van der Waals surface area contributed by atoms with E-state index in [1.807, 2.05) is 0 Å². The predicted octanol–water partition coefficient (Wildman–Crippen LogP) is 1.40. The first-order chi connectivity index (χ1) is 7.58. The Morgan fingerprint density at radius 2 is 1.44 bits per heavy atom. The molecule has 0 atom stereocenters. The Bertz CT molecular complexity index is 315. The van der Waals surface area contributed by atoms with Crippen LogP contribution in [0, 0.1) is 0 Å². The summed E-state index contributed by atoms with van der Waals surface area (Å²) in [6, 6.07) is 0. The maximum atomic E-state index is 10.6. The zero-order valence-electron chi connectivity index (χ0n) is 9.36. The summed E-state index contributed by atoms with van der Waals surface area (Å²) in [5, 5.41) is 7.41. The fourth-order valence-electron chi connectivity index (χ4n) is 1.32. The second-order valence-electron chi connectivity index (χ2n) is 3.51. The first-order valence-corrected chi connectivity index (χ1v) is 5.04. The van der Waals surface area contributed by atoms with E-state index in [0.717, 1.165) is 30.7 Å². The lowest BCUT2D eigenvalue weighted by molar-refractivity contribution is -0.141. The summed E-state index contributed by atoms with van der Waals surface area (Å²) in [6.45, 7) is 2.58. The highest BCUT2D eigenvalue weighted by Crippen LogP contribution is 2.14. The average Bonchev–Trinajstić information content (AvgIpc) is 2.24. The van der Waals surface area contributed by atoms with E-state index in [4.69, 9.17) is 0 Å². The normalized spacial score (nSPS) is 20.9. The van der Waals surface area contributed by atoms with E-state index >= 15 is 0 Å². The van der Waals surface area contributed by atoms with Gasteiger partial charge in [0.15, 0.2) is 0 Å². The van der Waals surface area contributed by atoms with Crippen molar-refractivity contribution in [2.24, 2.45) is 10.3 Å². The molecular formula is C10H14N2O4. The van der Waals surface area contributed by atoms with Gasteiger partial charge < -0.3 is 9.68 Å². The molecule has 0 heterocycles. The van der Waals surface area contributed by atoms with Crippen LogP contribution in [0.1, 0.15) is 39.5 Å². The van der Waals surface area contributed by atoms with Crippen molar-refractivity contribution in [3.8, 4) is 0 Å². The van der Waals surface area contributed by atoms with Crippen molar-refractivity contribution in [3.05, 3.63) is 0 Å². The van der Waals surface area contributed by atoms with Gasteiger partial charge in [0.1, 0.15) is 0 Å². The van der Waals surface area contributed by atoms with Crippen LogP contribution in [0.2, 0.25) is 0 Å². The lowest BCUT2D eigenvalue weighted by atomic mass is 9.97. The molecule has 1 aliphatic carbocycles. The minimum Gasteiger partial charge on any atom is -0.319 e. The molecule has 6 heteroatoms. The van der Waals surface area contributed by atoms with Crippen LogP contribution in [0.25, 0.3) is 0 Å². The van der Waals surface area contributed by atoms with Crippen LogP contribution >= 0.6 is 0 Å². The molecule has 0 saturated heterocycles. The van der Waals surface area contributed by atoms with Gasteiger partial charge in [-0.25, -0.2) is 9.59 Å². The first kappa shape index (κ1) is 12.4. The minimum atomic E-state index is -0.448. The average molecular weight is 226 g/mol. The molecule has 0 N–H and O–H groups in total. The van der Waals surface area contributed by atoms with E-state index in [0.29, 0.717) is 6.42 Å². The topological polar surface area (TPSA) is 77.3 Å². The highest BCUT2D eigenvalue weighted by Gasteiger charge is 2.15. The first-order valence-electron chi connectivity index (χ1n) is 5.04. The molecule has 1 rings (SSSR count). The molecule has 88 valence electrons. The maximum Gasteiger partial charge on any atom is 0.331 e. The van der Waals surface area contributed by atoms with Gasteiger partial charge in [-0.05, 0) is 19.3 Å². The molecule has 1 fully saturated rings. The fourth-order valence-corrected chi connectivity index (χ4v) is 1.32. The van der Waals surface area contributed by atoms with Crippen molar-refractivity contribution in [3.63, 3.8) is 0 Å². The Morgan fingerprint density at radius 3 is 1.81 bits per heavy atom. The lowest BCUT2D eigenvalue weighted by Gasteiger charge is -2.13. The second kappa shape index (κ2) is 5.99. The second-order valence-corrected chi connectivity index (χ2v) is 3.51. The molecule has 0 bridgehead atoms. The molecule has 1 aliphatic rings. The molecule has 0 unspecified atom stereocenters. The van der Waals surface area contributed by atoms with Crippen LogP contribution in [0.3, 0.4) is 0 Å². The van der Waals surface area contributed by atoms with Gasteiger partial charge in [0.25, 0.3) is 0 Å².